The third-order valence-electron chi connectivity index (χ3n) is 4.05. The van der Waals surface area contributed by atoms with Crippen LogP contribution >= 0.6 is 11.6 Å². The summed E-state index contributed by atoms with van der Waals surface area (Å²) >= 11 is 5.91. The largest absolute Gasteiger partial charge is 0.293 e. The molecule has 4 rings (SSSR count). The standard InChI is InChI=1S/C18H15ClN6O/c1-11-18(22-24-21-11)13-6-7-20-16(9-13)25-17(26)10-15(23-25)8-12-2-4-14(19)5-3-12/h2-7,9-10,23H,8H2,1H3,(H,21,22,24). The summed E-state index contributed by atoms with van der Waals surface area (Å²) in [5, 5.41) is 14.6. The van der Waals surface area contributed by atoms with E-state index in [1.54, 1.807) is 18.3 Å². The molecule has 0 unspecified atom stereocenters. The van der Waals surface area contributed by atoms with Crippen LogP contribution in [0, 0.1) is 6.92 Å². The molecule has 0 aliphatic carbocycles. The SMILES string of the molecule is Cc1n[nH]nc1-c1ccnc(-n2[nH]c(Cc3ccc(Cl)cc3)cc2=O)c1. The predicted molar refractivity (Wildman–Crippen MR) is 98.6 cm³/mol. The monoisotopic (exact) mass is 366 g/mol. The summed E-state index contributed by atoms with van der Waals surface area (Å²) in [5.41, 5.74) is 4.03. The van der Waals surface area contributed by atoms with Crippen molar-refractivity contribution < 1.29 is 0 Å². The van der Waals surface area contributed by atoms with Crippen LogP contribution < -0.4 is 5.56 Å². The zero-order chi connectivity index (χ0) is 18.1. The van der Waals surface area contributed by atoms with E-state index in [0.29, 0.717) is 17.3 Å². The van der Waals surface area contributed by atoms with E-state index >= 15 is 0 Å². The van der Waals surface area contributed by atoms with Gasteiger partial charge in [0, 0.05) is 35.0 Å². The van der Waals surface area contributed by atoms with Crippen LogP contribution in [0.5, 0.6) is 0 Å². The summed E-state index contributed by atoms with van der Waals surface area (Å²) in [6.45, 7) is 1.87. The van der Waals surface area contributed by atoms with Gasteiger partial charge in [0.15, 0.2) is 5.82 Å². The first-order valence-electron chi connectivity index (χ1n) is 8.00. The van der Waals surface area contributed by atoms with Crippen LogP contribution in [0.3, 0.4) is 0 Å². The second-order valence-electron chi connectivity index (χ2n) is 5.92. The highest BCUT2D eigenvalue weighted by Crippen LogP contribution is 2.20. The molecule has 8 heteroatoms. The van der Waals surface area contributed by atoms with Gasteiger partial charge in [0.1, 0.15) is 5.69 Å². The third kappa shape index (κ3) is 3.16. The van der Waals surface area contributed by atoms with Crippen molar-refractivity contribution in [3.8, 4) is 17.1 Å². The number of H-pyrrole nitrogens is 2. The number of pyridine rings is 1. The fourth-order valence-electron chi connectivity index (χ4n) is 2.77. The fourth-order valence-corrected chi connectivity index (χ4v) is 2.90. The van der Waals surface area contributed by atoms with Gasteiger partial charge in [-0.1, -0.05) is 23.7 Å². The number of rotatable bonds is 4. The first kappa shape index (κ1) is 16.3. The maximum Gasteiger partial charge on any atom is 0.272 e. The number of benzene rings is 1. The van der Waals surface area contributed by atoms with Crippen molar-refractivity contribution in [2.24, 2.45) is 0 Å². The Morgan fingerprint density at radius 3 is 2.65 bits per heavy atom. The minimum absolute atomic E-state index is 0.171. The van der Waals surface area contributed by atoms with E-state index < -0.39 is 0 Å². The normalized spacial score (nSPS) is 11.0. The van der Waals surface area contributed by atoms with Crippen LogP contribution in [0.1, 0.15) is 17.0 Å². The van der Waals surface area contributed by atoms with Gasteiger partial charge in [0.25, 0.3) is 5.56 Å². The van der Waals surface area contributed by atoms with Crippen molar-refractivity contribution in [2.75, 3.05) is 0 Å². The number of hydrogen-bond donors (Lipinski definition) is 2. The number of nitrogens with zero attached hydrogens (tertiary/aromatic N) is 4. The average Bonchev–Trinajstić information content (AvgIpc) is 3.22. The zero-order valence-electron chi connectivity index (χ0n) is 13.9. The van der Waals surface area contributed by atoms with E-state index in [9.17, 15) is 4.79 Å². The number of nitrogens with one attached hydrogen (secondary N) is 2. The van der Waals surface area contributed by atoms with Crippen LogP contribution in [0.2, 0.25) is 5.02 Å². The first-order valence-corrected chi connectivity index (χ1v) is 8.37. The van der Waals surface area contributed by atoms with Crippen molar-refractivity contribution in [1.29, 1.82) is 0 Å². The molecule has 0 spiro atoms. The third-order valence-corrected chi connectivity index (χ3v) is 4.30. The highest BCUT2D eigenvalue weighted by atomic mass is 35.5. The van der Waals surface area contributed by atoms with Gasteiger partial charge in [-0.15, -0.1) is 0 Å². The molecule has 0 saturated heterocycles. The lowest BCUT2D eigenvalue weighted by atomic mass is 10.1. The minimum Gasteiger partial charge on any atom is -0.293 e. The molecular formula is C18H15ClN6O. The molecule has 130 valence electrons. The molecule has 0 aliphatic rings. The van der Waals surface area contributed by atoms with E-state index in [1.807, 2.05) is 37.3 Å². The van der Waals surface area contributed by atoms with Gasteiger partial charge in [-0.25, -0.2) is 9.67 Å². The lowest BCUT2D eigenvalue weighted by molar-refractivity contribution is 0.799. The molecule has 0 fully saturated rings. The molecular weight excluding hydrogens is 352 g/mol. The Hall–Kier alpha value is -3.19. The molecule has 26 heavy (non-hydrogen) atoms. The van der Waals surface area contributed by atoms with Crippen molar-refractivity contribution in [3.63, 3.8) is 0 Å². The van der Waals surface area contributed by atoms with E-state index in [4.69, 9.17) is 11.6 Å². The second kappa shape index (κ2) is 6.61. The zero-order valence-corrected chi connectivity index (χ0v) is 14.7. The molecule has 0 amide bonds. The molecule has 2 N–H and O–H groups in total. The lowest BCUT2D eigenvalue weighted by Gasteiger charge is -2.04. The molecule has 3 heterocycles. The van der Waals surface area contributed by atoms with Crippen molar-refractivity contribution >= 4 is 11.6 Å². The van der Waals surface area contributed by atoms with Gasteiger partial charge in [-0.2, -0.15) is 15.4 Å². The van der Waals surface area contributed by atoms with E-state index in [-0.39, 0.29) is 5.56 Å². The van der Waals surface area contributed by atoms with Crippen molar-refractivity contribution in [1.82, 2.24) is 30.2 Å². The smallest absolute Gasteiger partial charge is 0.272 e. The topological polar surface area (TPSA) is 92.2 Å². The molecule has 4 aromatic rings. The predicted octanol–water partition coefficient (Wildman–Crippen LogP) is 2.90. The molecule has 7 nitrogen and oxygen atoms in total. The number of hydrogen-bond acceptors (Lipinski definition) is 4. The number of aryl methyl sites for hydroxylation is 1. The summed E-state index contributed by atoms with van der Waals surface area (Å²) in [7, 11) is 0. The van der Waals surface area contributed by atoms with Gasteiger partial charge in [-0.3, -0.25) is 9.89 Å². The Bertz CT molecular complexity index is 1110. The summed E-state index contributed by atoms with van der Waals surface area (Å²) in [5.74, 6) is 0.497. The van der Waals surface area contributed by atoms with E-state index in [2.05, 4.69) is 25.5 Å². The Morgan fingerprint density at radius 2 is 1.92 bits per heavy atom. The molecule has 0 aliphatic heterocycles. The van der Waals surface area contributed by atoms with Crippen LogP contribution in [-0.4, -0.2) is 30.2 Å². The fraction of sp³-hybridized carbons (Fsp3) is 0.111. The van der Waals surface area contributed by atoms with Crippen molar-refractivity contribution in [2.45, 2.75) is 13.3 Å². The van der Waals surface area contributed by atoms with Gasteiger partial charge < -0.3 is 0 Å². The Labute approximate surface area is 153 Å². The van der Waals surface area contributed by atoms with Gasteiger partial charge in [0.2, 0.25) is 0 Å². The summed E-state index contributed by atoms with van der Waals surface area (Å²) < 4.78 is 1.42. The number of aromatic nitrogens is 6. The lowest BCUT2D eigenvalue weighted by Crippen LogP contribution is -2.14. The molecule has 0 saturated carbocycles. The Balaban J connectivity index is 1.66. The average molecular weight is 367 g/mol. The van der Waals surface area contributed by atoms with Crippen LogP contribution in [0.15, 0.2) is 53.5 Å². The van der Waals surface area contributed by atoms with Gasteiger partial charge in [0.05, 0.1) is 5.69 Å². The number of aromatic amines is 2. The van der Waals surface area contributed by atoms with Gasteiger partial charge in [-0.05, 0) is 36.8 Å². The van der Waals surface area contributed by atoms with E-state index in [1.165, 1.54) is 4.68 Å². The van der Waals surface area contributed by atoms with Gasteiger partial charge >= 0.3 is 0 Å². The summed E-state index contributed by atoms with van der Waals surface area (Å²) in [6.07, 6.45) is 2.24. The second-order valence-corrected chi connectivity index (χ2v) is 6.36. The maximum atomic E-state index is 12.4. The highest BCUT2D eigenvalue weighted by Gasteiger charge is 2.11. The Kier molecular flexibility index (Phi) is 4.14. The molecule has 0 bridgehead atoms. The molecule has 0 atom stereocenters. The van der Waals surface area contributed by atoms with Crippen molar-refractivity contribution in [3.05, 3.63) is 81.0 Å². The molecule has 1 aromatic carbocycles. The highest BCUT2D eigenvalue weighted by molar-refractivity contribution is 6.30. The maximum absolute atomic E-state index is 12.4. The summed E-state index contributed by atoms with van der Waals surface area (Å²) in [4.78, 5) is 16.7. The Morgan fingerprint density at radius 1 is 1.12 bits per heavy atom. The van der Waals surface area contributed by atoms with Crippen LogP contribution in [0.4, 0.5) is 0 Å². The van der Waals surface area contributed by atoms with Crippen LogP contribution in [-0.2, 0) is 6.42 Å². The van der Waals surface area contributed by atoms with Crippen LogP contribution in [0.25, 0.3) is 17.1 Å². The molecule has 3 aromatic heterocycles. The first-order chi connectivity index (χ1) is 12.6. The van der Waals surface area contributed by atoms with E-state index in [0.717, 1.165) is 28.2 Å². The quantitative estimate of drug-likeness (QED) is 0.580. The summed E-state index contributed by atoms with van der Waals surface area (Å²) in [6, 6.07) is 12.7. The number of halogens is 1. The molecule has 0 radical (unpaired) electrons. The minimum atomic E-state index is -0.171.